The predicted octanol–water partition coefficient (Wildman–Crippen LogP) is 4.54. The Morgan fingerprint density at radius 2 is 2.00 bits per heavy atom. The average molecular weight is 402 g/mol. The van der Waals surface area contributed by atoms with E-state index in [2.05, 4.69) is 19.2 Å². The van der Waals surface area contributed by atoms with Crippen molar-refractivity contribution in [1.82, 2.24) is 14.9 Å². The molecule has 0 radical (unpaired) electrons. The lowest BCUT2D eigenvalue weighted by atomic mass is 9.86. The van der Waals surface area contributed by atoms with Gasteiger partial charge in [-0.05, 0) is 51.2 Å². The fourth-order valence-corrected chi connectivity index (χ4v) is 4.84. The van der Waals surface area contributed by atoms with Crippen molar-refractivity contribution in [3.63, 3.8) is 0 Å². The van der Waals surface area contributed by atoms with Gasteiger partial charge in [0.25, 0.3) is 5.56 Å². The summed E-state index contributed by atoms with van der Waals surface area (Å²) in [6, 6.07) is 7.71. The molecule has 1 aliphatic rings. The zero-order chi connectivity index (χ0) is 20.3. The van der Waals surface area contributed by atoms with E-state index >= 15 is 0 Å². The molecule has 1 amide bonds. The van der Waals surface area contributed by atoms with Gasteiger partial charge in [0.15, 0.2) is 5.16 Å². The summed E-state index contributed by atoms with van der Waals surface area (Å²) in [5, 5.41) is 4.17. The molecule has 152 valence electrons. The summed E-state index contributed by atoms with van der Waals surface area (Å²) in [4.78, 5) is 30.6. The van der Waals surface area contributed by atoms with Crippen molar-refractivity contribution in [3.05, 3.63) is 34.6 Å². The number of hydrogen-bond acceptors (Lipinski definition) is 4. The molecule has 0 saturated heterocycles. The van der Waals surface area contributed by atoms with Gasteiger partial charge in [-0.15, -0.1) is 0 Å². The molecule has 1 N–H and O–H groups in total. The molecule has 0 aliphatic heterocycles. The Morgan fingerprint density at radius 3 is 2.71 bits per heavy atom. The van der Waals surface area contributed by atoms with Crippen LogP contribution in [0, 0.1) is 5.92 Å². The summed E-state index contributed by atoms with van der Waals surface area (Å²) >= 11 is 1.38. The first-order valence-corrected chi connectivity index (χ1v) is 11.3. The minimum atomic E-state index is -0.308. The van der Waals surface area contributed by atoms with Gasteiger partial charge in [-0.3, -0.25) is 14.2 Å². The normalized spacial score (nSPS) is 22.0. The Morgan fingerprint density at radius 1 is 1.29 bits per heavy atom. The Hall–Kier alpha value is -1.82. The second-order valence-corrected chi connectivity index (χ2v) is 9.29. The molecule has 1 aliphatic carbocycles. The molecule has 0 unspecified atom stereocenters. The molecule has 1 fully saturated rings. The number of benzene rings is 1. The maximum absolute atomic E-state index is 13.1. The summed E-state index contributed by atoms with van der Waals surface area (Å²) in [6.07, 6.45) is 5.48. The van der Waals surface area contributed by atoms with Crippen molar-refractivity contribution in [2.45, 2.75) is 82.3 Å². The van der Waals surface area contributed by atoms with Crippen LogP contribution in [0.2, 0.25) is 0 Å². The van der Waals surface area contributed by atoms with Gasteiger partial charge in [-0.1, -0.05) is 50.6 Å². The van der Waals surface area contributed by atoms with Crippen LogP contribution in [0.25, 0.3) is 10.9 Å². The second-order valence-electron chi connectivity index (χ2n) is 7.98. The molecule has 1 heterocycles. The molecule has 0 spiro atoms. The third kappa shape index (κ3) is 4.43. The van der Waals surface area contributed by atoms with Crippen LogP contribution in [0.15, 0.2) is 34.2 Å². The Kier molecular flexibility index (Phi) is 6.81. The van der Waals surface area contributed by atoms with E-state index in [-0.39, 0.29) is 28.8 Å². The number of nitrogens with zero attached hydrogens (tertiary/aromatic N) is 2. The van der Waals surface area contributed by atoms with Gasteiger partial charge in [0.1, 0.15) is 0 Å². The van der Waals surface area contributed by atoms with E-state index in [1.54, 1.807) is 4.57 Å². The molecule has 1 aromatic carbocycles. The summed E-state index contributed by atoms with van der Waals surface area (Å²) in [5.41, 5.74) is 0.652. The van der Waals surface area contributed by atoms with E-state index in [0.29, 0.717) is 22.0 Å². The first-order valence-electron chi connectivity index (χ1n) is 10.4. The summed E-state index contributed by atoms with van der Waals surface area (Å²) in [6.45, 7) is 8.20. The molecule has 0 bridgehead atoms. The molecule has 2 aromatic rings. The summed E-state index contributed by atoms with van der Waals surface area (Å²) in [7, 11) is 0. The van der Waals surface area contributed by atoms with Gasteiger partial charge < -0.3 is 5.32 Å². The summed E-state index contributed by atoms with van der Waals surface area (Å²) in [5.74, 6) is 0.550. The standard InChI is InChI=1S/C22H31N3O2S/c1-5-15(3)25-21(27)17-11-7-9-13-19(17)24-22(25)28-16(4)20(26)23-18-12-8-6-10-14(18)2/h7,9,11,13-16,18H,5-6,8,10,12H2,1-4H3,(H,23,26)/t14-,15+,16-,18+/m0/s1. The van der Waals surface area contributed by atoms with E-state index in [9.17, 15) is 9.59 Å². The highest BCUT2D eigenvalue weighted by Gasteiger charge is 2.26. The van der Waals surface area contributed by atoms with Crippen LogP contribution in [0.3, 0.4) is 0 Å². The Labute approximate surface area is 171 Å². The van der Waals surface area contributed by atoms with E-state index < -0.39 is 0 Å². The number of fused-ring (bicyclic) bond motifs is 1. The number of carbonyl (C=O) groups is 1. The van der Waals surface area contributed by atoms with E-state index in [0.717, 1.165) is 12.8 Å². The SMILES string of the molecule is CC[C@@H](C)n1c(S[C@@H](C)C(=O)N[C@@H]2CCCC[C@@H]2C)nc2ccccc2c1=O. The third-order valence-electron chi connectivity index (χ3n) is 5.90. The lowest BCUT2D eigenvalue weighted by Gasteiger charge is -2.30. The predicted molar refractivity (Wildman–Crippen MR) is 116 cm³/mol. The Bertz CT molecular complexity index is 895. The van der Waals surface area contributed by atoms with Crippen LogP contribution >= 0.6 is 11.8 Å². The quantitative estimate of drug-likeness (QED) is 0.570. The van der Waals surface area contributed by atoms with Crippen molar-refractivity contribution in [3.8, 4) is 0 Å². The molecule has 28 heavy (non-hydrogen) atoms. The highest BCUT2D eigenvalue weighted by atomic mass is 32.2. The smallest absolute Gasteiger partial charge is 0.262 e. The number of aromatic nitrogens is 2. The zero-order valence-electron chi connectivity index (χ0n) is 17.3. The van der Waals surface area contributed by atoms with Crippen LogP contribution in [0.5, 0.6) is 0 Å². The van der Waals surface area contributed by atoms with Gasteiger partial charge in [0.2, 0.25) is 5.91 Å². The largest absolute Gasteiger partial charge is 0.352 e. The fourth-order valence-electron chi connectivity index (χ4n) is 3.82. The number of thioether (sulfide) groups is 1. The molecule has 6 heteroatoms. The summed E-state index contributed by atoms with van der Waals surface area (Å²) < 4.78 is 1.75. The minimum absolute atomic E-state index is 0.0285. The number of amides is 1. The van der Waals surface area contributed by atoms with Crippen molar-refractivity contribution in [2.24, 2.45) is 5.92 Å². The van der Waals surface area contributed by atoms with Gasteiger partial charge in [0, 0.05) is 12.1 Å². The minimum Gasteiger partial charge on any atom is -0.352 e. The topological polar surface area (TPSA) is 64.0 Å². The van der Waals surface area contributed by atoms with Crippen LogP contribution in [-0.2, 0) is 4.79 Å². The average Bonchev–Trinajstić information content (AvgIpc) is 2.69. The van der Waals surface area contributed by atoms with E-state index in [4.69, 9.17) is 4.98 Å². The maximum atomic E-state index is 13.1. The number of rotatable bonds is 6. The third-order valence-corrected chi connectivity index (χ3v) is 6.96. The van der Waals surface area contributed by atoms with Crippen molar-refractivity contribution >= 4 is 28.6 Å². The van der Waals surface area contributed by atoms with Gasteiger partial charge in [0.05, 0.1) is 16.2 Å². The zero-order valence-corrected chi connectivity index (χ0v) is 18.1. The molecule has 4 atom stereocenters. The van der Waals surface area contributed by atoms with E-state index in [1.165, 1.54) is 31.0 Å². The molecular formula is C22H31N3O2S. The molecule has 5 nitrogen and oxygen atoms in total. The highest BCUT2D eigenvalue weighted by molar-refractivity contribution is 8.00. The van der Waals surface area contributed by atoms with Crippen molar-refractivity contribution < 1.29 is 4.79 Å². The number of para-hydroxylation sites is 1. The molecule has 1 saturated carbocycles. The number of nitrogens with one attached hydrogen (secondary N) is 1. The van der Waals surface area contributed by atoms with E-state index in [1.807, 2.05) is 38.1 Å². The molecular weight excluding hydrogens is 370 g/mol. The molecule has 3 rings (SSSR count). The fraction of sp³-hybridized carbons (Fsp3) is 0.591. The molecule has 1 aromatic heterocycles. The van der Waals surface area contributed by atoms with Crippen LogP contribution in [0.1, 0.15) is 65.8 Å². The number of carbonyl (C=O) groups excluding carboxylic acids is 1. The monoisotopic (exact) mass is 401 g/mol. The highest BCUT2D eigenvalue weighted by Crippen LogP contribution is 2.28. The first-order chi connectivity index (χ1) is 13.4. The Balaban J connectivity index is 1.85. The lowest BCUT2D eigenvalue weighted by molar-refractivity contribution is -0.121. The van der Waals surface area contributed by atoms with Gasteiger partial charge >= 0.3 is 0 Å². The number of hydrogen-bond donors (Lipinski definition) is 1. The van der Waals surface area contributed by atoms with Gasteiger partial charge in [-0.2, -0.15) is 0 Å². The first kappa shape index (κ1) is 20.9. The van der Waals surface area contributed by atoms with Gasteiger partial charge in [-0.25, -0.2) is 4.98 Å². The van der Waals surface area contributed by atoms with Crippen LogP contribution < -0.4 is 10.9 Å². The van der Waals surface area contributed by atoms with Crippen molar-refractivity contribution in [2.75, 3.05) is 0 Å². The maximum Gasteiger partial charge on any atom is 0.262 e. The second kappa shape index (κ2) is 9.12. The van der Waals surface area contributed by atoms with Crippen molar-refractivity contribution in [1.29, 1.82) is 0 Å². The van der Waals surface area contributed by atoms with Crippen LogP contribution in [0.4, 0.5) is 0 Å². The van der Waals surface area contributed by atoms with Crippen LogP contribution in [-0.4, -0.2) is 26.8 Å². The lowest BCUT2D eigenvalue weighted by Crippen LogP contribution is -2.44.